The van der Waals surface area contributed by atoms with Crippen LogP contribution in [0.25, 0.3) is 16.6 Å². The van der Waals surface area contributed by atoms with Crippen molar-refractivity contribution in [3.8, 4) is 5.69 Å². The van der Waals surface area contributed by atoms with E-state index in [1.807, 2.05) is 42.0 Å². The Morgan fingerprint density at radius 1 is 1.13 bits per heavy atom. The van der Waals surface area contributed by atoms with Gasteiger partial charge >= 0.3 is 6.18 Å². The molecule has 0 atom stereocenters. The molecule has 1 saturated heterocycles. The van der Waals surface area contributed by atoms with Crippen LogP contribution in [0.2, 0.25) is 0 Å². The van der Waals surface area contributed by atoms with Crippen LogP contribution in [0.15, 0.2) is 48.7 Å². The molecule has 4 nitrogen and oxygen atoms in total. The first-order valence-corrected chi connectivity index (χ1v) is 10.6. The zero-order valence-electron chi connectivity index (χ0n) is 17.7. The summed E-state index contributed by atoms with van der Waals surface area (Å²) >= 11 is 0. The van der Waals surface area contributed by atoms with Crippen LogP contribution >= 0.6 is 0 Å². The molecule has 0 bridgehead atoms. The van der Waals surface area contributed by atoms with Crippen molar-refractivity contribution in [3.05, 3.63) is 59.8 Å². The number of aromatic nitrogens is 1. The fourth-order valence-electron chi connectivity index (χ4n) is 4.01. The molecule has 164 valence electrons. The van der Waals surface area contributed by atoms with E-state index >= 15 is 0 Å². The SMILES string of the molecule is CCCCNC(=O)C1CN(c2cccc(-n3cc(C)c4cc(C(F)(F)F)ccc43)c2)C1. The first-order valence-electron chi connectivity index (χ1n) is 10.6. The minimum atomic E-state index is -4.36. The van der Waals surface area contributed by atoms with Gasteiger partial charge in [-0.2, -0.15) is 13.2 Å². The van der Waals surface area contributed by atoms with Crippen molar-refractivity contribution in [3.63, 3.8) is 0 Å². The van der Waals surface area contributed by atoms with Crippen LogP contribution in [0, 0.1) is 12.8 Å². The lowest BCUT2D eigenvalue weighted by Crippen LogP contribution is -2.53. The Hall–Kier alpha value is -2.96. The number of benzene rings is 2. The van der Waals surface area contributed by atoms with Gasteiger partial charge in [-0.15, -0.1) is 0 Å². The molecule has 1 fully saturated rings. The van der Waals surface area contributed by atoms with Crippen molar-refractivity contribution >= 4 is 22.5 Å². The zero-order valence-corrected chi connectivity index (χ0v) is 17.7. The van der Waals surface area contributed by atoms with Crippen LogP contribution in [0.1, 0.15) is 30.9 Å². The smallest absolute Gasteiger partial charge is 0.370 e. The van der Waals surface area contributed by atoms with Crippen molar-refractivity contribution in [1.82, 2.24) is 9.88 Å². The monoisotopic (exact) mass is 429 g/mol. The van der Waals surface area contributed by atoms with Gasteiger partial charge in [0.1, 0.15) is 0 Å². The first kappa shape index (κ1) is 21.3. The normalized spacial score (nSPS) is 14.7. The van der Waals surface area contributed by atoms with Crippen molar-refractivity contribution in [1.29, 1.82) is 0 Å². The second kappa shape index (κ2) is 8.29. The molecule has 4 rings (SSSR count). The van der Waals surface area contributed by atoms with Crippen LogP contribution in [0.5, 0.6) is 0 Å². The third-order valence-corrected chi connectivity index (χ3v) is 5.89. The summed E-state index contributed by atoms with van der Waals surface area (Å²) in [6.07, 6.45) is -0.461. The summed E-state index contributed by atoms with van der Waals surface area (Å²) in [5.41, 5.74) is 2.77. The van der Waals surface area contributed by atoms with Crippen LogP contribution in [-0.2, 0) is 11.0 Å². The molecule has 0 aliphatic carbocycles. The molecule has 0 unspecified atom stereocenters. The highest BCUT2D eigenvalue weighted by Crippen LogP contribution is 2.34. The van der Waals surface area contributed by atoms with Crippen molar-refractivity contribution in [2.45, 2.75) is 32.9 Å². The lowest BCUT2D eigenvalue weighted by Gasteiger charge is -2.40. The summed E-state index contributed by atoms with van der Waals surface area (Å²) in [7, 11) is 0. The molecule has 1 N–H and O–H groups in total. The Labute approximate surface area is 179 Å². The van der Waals surface area contributed by atoms with Crippen molar-refractivity contribution in [2.75, 3.05) is 24.5 Å². The number of nitrogens with one attached hydrogen (secondary N) is 1. The van der Waals surface area contributed by atoms with Crippen LogP contribution in [-0.4, -0.2) is 30.1 Å². The van der Waals surface area contributed by atoms with Gasteiger partial charge in [-0.1, -0.05) is 19.4 Å². The summed E-state index contributed by atoms with van der Waals surface area (Å²) in [4.78, 5) is 14.3. The maximum absolute atomic E-state index is 13.1. The molecular weight excluding hydrogens is 403 g/mol. The predicted molar refractivity (Wildman–Crippen MR) is 117 cm³/mol. The lowest BCUT2D eigenvalue weighted by atomic mass is 9.98. The van der Waals surface area contributed by atoms with Gasteiger partial charge in [-0.25, -0.2) is 0 Å². The number of unbranched alkanes of at least 4 members (excludes halogenated alkanes) is 1. The summed E-state index contributed by atoms with van der Waals surface area (Å²) in [5, 5.41) is 3.57. The third kappa shape index (κ3) is 4.27. The number of nitrogens with zero attached hydrogens (tertiary/aromatic N) is 2. The number of halogens is 3. The second-order valence-corrected chi connectivity index (χ2v) is 8.18. The van der Waals surface area contributed by atoms with Crippen LogP contribution < -0.4 is 10.2 Å². The molecule has 0 radical (unpaired) electrons. The molecule has 3 aromatic rings. The van der Waals surface area contributed by atoms with E-state index in [0.717, 1.165) is 47.9 Å². The highest BCUT2D eigenvalue weighted by molar-refractivity contribution is 5.86. The number of aryl methyl sites for hydroxylation is 1. The van der Waals surface area contributed by atoms with Crippen molar-refractivity contribution < 1.29 is 18.0 Å². The number of carbonyl (C=O) groups is 1. The van der Waals surface area contributed by atoms with E-state index in [4.69, 9.17) is 0 Å². The molecule has 1 aliphatic rings. The van der Waals surface area contributed by atoms with Gasteiger partial charge in [-0.3, -0.25) is 4.79 Å². The molecule has 0 spiro atoms. The van der Waals surface area contributed by atoms with Crippen LogP contribution in [0.4, 0.5) is 18.9 Å². The fourth-order valence-corrected chi connectivity index (χ4v) is 4.01. The third-order valence-electron chi connectivity index (χ3n) is 5.89. The van der Waals surface area contributed by atoms with Gasteiger partial charge in [0.25, 0.3) is 0 Å². The van der Waals surface area contributed by atoms with E-state index in [9.17, 15) is 18.0 Å². The van der Waals surface area contributed by atoms with Gasteiger partial charge in [0.2, 0.25) is 5.91 Å². The number of alkyl halides is 3. The number of hydrogen-bond acceptors (Lipinski definition) is 2. The summed E-state index contributed by atoms with van der Waals surface area (Å²) in [6, 6.07) is 11.7. The van der Waals surface area contributed by atoms with Gasteiger partial charge in [0.15, 0.2) is 0 Å². The van der Waals surface area contributed by atoms with E-state index in [0.29, 0.717) is 18.5 Å². The van der Waals surface area contributed by atoms with E-state index in [-0.39, 0.29) is 11.8 Å². The molecule has 7 heteroatoms. The quantitative estimate of drug-likeness (QED) is 0.539. The van der Waals surface area contributed by atoms with Gasteiger partial charge < -0.3 is 14.8 Å². The largest absolute Gasteiger partial charge is 0.416 e. The topological polar surface area (TPSA) is 37.3 Å². The second-order valence-electron chi connectivity index (χ2n) is 8.18. The maximum atomic E-state index is 13.1. The van der Waals surface area contributed by atoms with E-state index < -0.39 is 11.7 Å². The number of carbonyl (C=O) groups excluding carboxylic acids is 1. The first-order chi connectivity index (χ1) is 14.8. The average molecular weight is 429 g/mol. The molecule has 2 aromatic carbocycles. The van der Waals surface area contributed by atoms with E-state index in [1.165, 1.54) is 12.1 Å². The highest BCUT2D eigenvalue weighted by Gasteiger charge is 2.33. The number of fused-ring (bicyclic) bond motifs is 1. The maximum Gasteiger partial charge on any atom is 0.416 e. The Kier molecular flexibility index (Phi) is 5.69. The zero-order chi connectivity index (χ0) is 22.2. The standard InChI is InChI=1S/C24H26F3N3O/c1-3-4-10-28-23(31)17-14-29(15-17)19-6-5-7-20(12-19)30-13-16(2)21-11-18(24(25,26)27)8-9-22(21)30/h5-9,11-13,17H,3-4,10,14-15H2,1-2H3,(H,28,31). The predicted octanol–water partition coefficient (Wildman–Crippen LogP) is 5.31. The average Bonchev–Trinajstić information content (AvgIpc) is 3.03. The van der Waals surface area contributed by atoms with E-state index in [1.54, 1.807) is 0 Å². The Bertz CT molecular complexity index is 1100. The minimum Gasteiger partial charge on any atom is -0.370 e. The molecule has 1 amide bonds. The number of anilines is 1. The van der Waals surface area contributed by atoms with Gasteiger partial charge in [-0.05, 0) is 55.3 Å². The molecule has 2 heterocycles. The Morgan fingerprint density at radius 2 is 1.87 bits per heavy atom. The molecule has 0 saturated carbocycles. The Balaban J connectivity index is 1.53. The van der Waals surface area contributed by atoms with Gasteiger partial charge in [0, 0.05) is 42.6 Å². The number of rotatable bonds is 6. The molecule has 1 aliphatic heterocycles. The van der Waals surface area contributed by atoms with Crippen molar-refractivity contribution in [2.24, 2.45) is 5.92 Å². The van der Waals surface area contributed by atoms with Gasteiger partial charge in [0.05, 0.1) is 17.0 Å². The van der Waals surface area contributed by atoms with E-state index in [2.05, 4.69) is 17.1 Å². The summed E-state index contributed by atoms with van der Waals surface area (Å²) in [5.74, 6) is 0.101. The fraction of sp³-hybridized carbons (Fsp3) is 0.375. The number of hydrogen-bond donors (Lipinski definition) is 1. The Morgan fingerprint density at radius 3 is 2.58 bits per heavy atom. The van der Waals surface area contributed by atoms with Crippen LogP contribution in [0.3, 0.4) is 0 Å². The minimum absolute atomic E-state index is 0.00375. The highest BCUT2D eigenvalue weighted by atomic mass is 19.4. The molecular formula is C24H26F3N3O. The number of amides is 1. The lowest BCUT2D eigenvalue weighted by molar-refractivity contribution is -0.137. The summed E-state index contributed by atoms with van der Waals surface area (Å²) < 4.78 is 41.2. The molecule has 31 heavy (non-hydrogen) atoms. The molecule has 1 aromatic heterocycles. The summed E-state index contributed by atoms with van der Waals surface area (Å²) in [6.45, 7) is 5.97.